The van der Waals surface area contributed by atoms with E-state index in [-0.39, 0.29) is 0 Å². The lowest BCUT2D eigenvalue weighted by Gasteiger charge is -2.37. The van der Waals surface area contributed by atoms with Crippen molar-refractivity contribution >= 4 is 5.69 Å². The molecule has 2 radical (unpaired) electrons. The lowest BCUT2D eigenvalue weighted by Crippen LogP contribution is -2.35. The number of hydrogen-bond acceptors (Lipinski definition) is 5. The molecule has 1 saturated carbocycles. The van der Waals surface area contributed by atoms with Crippen LogP contribution in [0.15, 0.2) is 48.7 Å². The van der Waals surface area contributed by atoms with E-state index in [1.54, 1.807) is 0 Å². The summed E-state index contributed by atoms with van der Waals surface area (Å²) in [6.07, 6.45) is 8.84. The molecule has 6 nitrogen and oxygen atoms in total. The van der Waals surface area contributed by atoms with Crippen LogP contribution in [-0.4, -0.2) is 34.1 Å². The number of aromatic nitrogens is 3. The number of para-hydroxylation sites is 1. The van der Waals surface area contributed by atoms with Crippen LogP contribution in [0.1, 0.15) is 50.6 Å². The maximum Gasteiger partial charge on any atom is 0.142 e. The predicted molar refractivity (Wildman–Crippen MR) is 129 cm³/mol. The Labute approximate surface area is 195 Å². The van der Waals surface area contributed by atoms with E-state index in [9.17, 15) is 0 Å². The Bertz CT molecular complexity index is 1100. The van der Waals surface area contributed by atoms with Gasteiger partial charge in [-0.25, -0.2) is 4.68 Å². The molecule has 33 heavy (non-hydrogen) atoms. The minimum atomic E-state index is 0.405. The summed E-state index contributed by atoms with van der Waals surface area (Å²) in [5, 5.41) is 12.5. The van der Waals surface area contributed by atoms with Crippen LogP contribution in [0.2, 0.25) is 0 Å². The average molecular weight is 442 g/mol. The van der Waals surface area contributed by atoms with Gasteiger partial charge >= 0.3 is 0 Å². The van der Waals surface area contributed by atoms with E-state index in [0.717, 1.165) is 61.5 Å². The molecule has 2 fully saturated rings. The van der Waals surface area contributed by atoms with Crippen molar-refractivity contribution in [2.24, 2.45) is 5.92 Å². The van der Waals surface area contributed by atoms with E-state index in [2.05, 4.69) is 52.3 Å². The Morgan fingerprint density at radius 3 is 2.61 bits per heavy atom. The van der Waals surface area contributed by atoms with Crippen LogP contribution in [0.3, 0.4) is 0 Å². The highest BCUT2D eigenvalue weighted by Gasteiger charge is 2.33. The monoisotopic (exact) mass is 441 g/mol. The molecule has 0 spiro atoms. The molecular weight excluding hydrogens is 410 g/mol. The summed E-state index contributed by atoms with van der Waals surface area (Å²) >= 11 is 0. The van der Waals surface area contributed by atoms with E-state index in [4.69, 9.17) is 4.74 Å². The first-order valence-corrected chi connectivity index (χ1v) is 12.3. The minimum absolute atomic E-state index is 0.405. The minimum Gasteiger partial charge on any atom is -0.456 e. The molecule has 3 aromatic rings. The average Bonchev–Trinajstić information content (AvgIpc) is 3.55. The molecule has 0 amide bonds. The summed E-state index contributed by atoms with van der Waals surface area (Å²) in [4.78, 5) is 2.37. The lowest BCUT2D eigenvalue weighted by atomic mass is 9.92. The number of nitrogens with zero attached hydrogens (tertiary/aromatic N) is 4. The molecule has 1 N–H and O–H groups in total. The van der Waals surface area contributed by atoms with Gasteiger partial charge in [-0.05, 0) is 88.7 Å². The molecule has 1 atom stereocenters. The highest BCUT2D eigenvalue weighted by molar-refractivity contribution is 5.77. The van der Waals surface area contributed by atoms with Crippen molar-refractivity contribution in [1.29, 1.82) is 0 Å². The zero-order valence-corrected chi connectivity index (χ0v) is 19.2. The normalized spacial score (nSPS) is 21.1. The van der Waals surface area contributed by atoms with E-state index < -0.39 is 0 Å². The van der Waals surface area contributed by atoms with Gasteiger partial charge in [0.15, 0.2) is 0 Å². The molecule has 0 unspecified atom stereocenters. The third-order valence-corrected chi connectivity index (χ3v) is 7.08. The van der Waals surface area contributed by atoms with Crippen LogP contribution in [0.25, 0.3) is 11.3 Å². The number of nitrogens with one attached hydrogen (secondary N) is 1. The van der Waals surface area contributed by atoms with Gasteiger partial charge in [0, 0.05) is 22.9 Å². The van der Waals surface area contributed by atoms with Gasteiger partial charge in [0.05, 0.1) is 18.8 Å². The Balaban J connectivity index is 1.41. The van der Waals surface area contributed by atoms with Gasteiger partial charge in [-0.15, -0.1) is 5.10 Å². The van der Waals surface area contributed by atoms with Crippen molar-refractivity contribution in [3.05, 3.63) is 60.8 Å². The number of rotatable bonds is 6. The maximum atomic E-state index is 6.58. The molecular formula is C27H31N5O. The highest BCUT2D eigenvalue weighted by atomic mass is 16.5. The summed E-state index contributed by atoms with van der Waals surface area (Å²) in [5.41, 5.74) is 4.36. The smallest absolute Gasteiger partial charge is 0.142 e. The Morgan fingerprint density at radius 2 is 1.82 bits per heavy atom. The van der Waals surface area contributed by atoms with Gasteiger partial charge in [0.1, 0.15) is 17.2 Å². The molecule has 2 aromatic carbocycles. The van der Waals surface area contributed by atoms with Gasteiger partial charge in [0.2, 0.25) is 0 Å². The largest absolute Gasteiger partial charge is 0.456 e. The first kappa shape index (κ1) is 20.7. The van der Waals surface area contributed by atoms with Crippen molar-refractivity contribution < 1.29 is 4.74 Å². The van der Waals surface area contributed by atoms with Crippen LogP contribution in [0, 0.1) is 12.5 Å². The second kappa shape index (κ2) is 8.82. The van der Waals surface area contributed by atoms with Crippen LogP contribution in [0.5, 0.6) is 11.5 Å². The zero-order valence-electron chi connectivity index (χ0n) is 19.2. The van der Waals surface area contributed by atoms with Crippen molar-refractivity contribution in [3.63, 3.8) is 0 Å². The molecule has 6 rings (SSSR count). The van der Waals surface area contributed by atoms with Crippen LogP contribution in [0.4, 0.5) is 5.69 Å². The first-order chi connectivity index (χ1) is 16.3. The molecule has 170 valence electrons. The Morgan fingerprint density at radius 1 is 1.00 bits per heavy atom. The molecule has 3 heterocycles. The third-order valence-electron chi connectivity index (χ3n) is 7.08. The molecule has 1 aromatic heterocycles. The van der Waals surface area contributed by atoms with Crippen molar-refractivity contribution in [3.8, 4) is 22.8 Å². The van der Waals surface area contributed by atoms with Gasteiger partial charge < -0.3 is 15.0 Å². The molecule has 1 saturated heterocycles. The second-order valence-electron chi connectivity index (χ2n) is 9.58. The van der Waals surface area contributed by atoms with E-state index >= 15 is 0 Å². The predicted octanol–water partition coefficient (Wildman–Crippen LogP) is 5.25. The second-order valence-corrected chi connectivity index (χ2v) is 9.58. The van der Waals surface area contributed by atoms with Crippen molar-refractivity contribution in [2.75, 3.05) is 18.0 Å². The number of fused-ring (bicyclic) bond motifs is 1. The quantitative estimate of drug-likeness (QED) is 0.566. The third kappa shape index (κ3) is 4.24. The lowest BCUT2D eigenvalue weighted by molar-refractivity contribution is 0.337. The summed E-state index contributed by atoms with van der Waals surface area (Å²) in [5.74, 6) is 2.35. The Hall–Kier alpha value is -2.86. The van der Waals surface area contributed by atoms with Gasteiger partial charge in [-0.2, -0.15) is 0 Å². The SMILES string of the molecule is C[C@H]1CCc2c(ccc(-c3cn(C4CCNCC4)nn3)c2Oc2ccccc2)N1[C]C1CC1. The fourth-order valence-electron chi connectivity index (χ4n) is 4.98. The van der Waals surface area contributed by atoms with Gasteiger partial charge in [-0.3, -0.25) is 0 Å². The van der Waals surface area contributed by atoms with E-state index in [1.807, 2.05) is 35.0 Å². The summed E-state index contributed by atoms with van der Waals surface area (Å²) < 4.78 is 8.63. The Kier molecular flexibility index (Phi) is 5.54. The summed E-state index contributed by atoms with van der Waals surface area (Å²) in [6, 6.07) is 15.3. The number of benzene rings is 2. The van der Waals surface area contributed by atoms with Crippen molar-refractivity contribution in [2.45, 2.75) is 57.5 Å². The molecule has 3 aliphatic rings. The highest BCUT2D eigenvalue weighted by Crippen LogP contribution is 2.46. The van der Waals surface area contributed by atoms with Gasteiger partial charge in [-0.1, -0.05) is 23.4 Å². The number of ether oxygens (including phenoxy) is 1. The van der Waals surface area contributed by atoms with Crippen molar-refractivity contribution in [1.82, 2.24) is 20.3 Å². The number of hydrogen-bond donors (Lipinski definition) is 1. The molecule has 6 heteroatoms. The summed E-state index contributed by atoms with van der Waals surface area (Å²) in [7, 11) is 0. The molecule has 1 aliphatic carbocycles. The topological polar surface area (TPSA) is 55.2 Å². The van der Waals surface area contributed by atoms with Crippen LogP contribution in [-0.2, 0) is 6.42 Å². The zero-order chi connectivity index (χ0) is 22.2. The standard InChI is InChI=1S/C27H31N5O/c1-19-7-10-24-26(31(19)17-20-8-9-20)12-11-23(27(24)33-22-5-3-2-4-6-22)25-18-32(30-29-25)21-13-15-28-16-14-21/h2-6,11-12,18-21,28H,7-10,13-16H2,1H3/t19-/m0/s1. The summed E-state index contributed by atoms with van der Waals surface area (Å²) in [6.45, 7) is 8.10. The molecule has 0 bridgehead atoms. The number of piperidine rings is 1. The molecule has 2 aliphatic heterocycles. The first-order valence-electron chi connectivity index (χ1n) is 12.3. The van der Waals surface area contributed by atoms with E-state index in [0.29, 0.717) is 18.0 Å². The number of anilines is 1. The van der Waals surface area contributed by atoms with E-state index in [1.165, 1.54) is 24.1 Å². The fourth-order valence-corrected chi connectivity index (χ4v) is 4.98. The van der Waals surface area contributed by atoms with Crippen LogP contribution < -0.4 is 15.0 Å². The van der Waals surface area contributed by atoms with Crippen LogP contribution >= 0.6 is 0 Å². The fraction of sp³-hybridized carbons (Fsp3) is 0.444. The van der Waals surface area contributed by atoms with Gasteiger partial charge in [0.25, 0.3) is 0 Å². The maximum absolute atomic E-state index is 6.58.